The van der Waals surface area contributed by atoms with Crippen molar-refractivity contribution < 1.29 is 28.7 Å². The predicted molar refractivity (Wildman–Crippen MR) is 124 cm³/mol. The zero-order valence-electron chi connectivity index (χ0n) is 21.0. The number of amides is 3. The molecule has 1 aliphatic heterocycles. The van der Waals surface area contributed by atoms with Gasteiger partial charge in [0.2, 0.25) is 11.8 Å². The van der Waals surface area contributed by atoms with Crippen LogP contribution in [-0.4, -0.2) is 66.2 Å². The normalized spacial score (nSPS) is 34.6. The average Bonchev–Trinajstić information content (AvgIpc) is 3.55. The summed E-state index contributed by atoms with van der Waals surface area (Å²) in [6.07, 6.45) is 4.88. The molecule has 7 atom stereocenters. The van der Waals surface area contributed by atoms with Gasteiger partial charge in [-0.1, -0.05) is 34.1 Å². The highest BCUT2D eigenvalue weighted by Crippen LogP contribution is 2.52. The molecule has 3 saturated carbocycles. The lowest BCUT2D eigenvalue weighted by molar-refractivity contribution is -0.148. The number of methoxy groups -OCH3 is 1. The van der Waals surface area contributed by atoms with Crippen LogP contribution in [0.5, 0.6) is 0 Å². The average molecular weight is 478 g/mol. The molecule has 3 amide bonds. The summed E-state index contributed by atoms with van der Waals surface area (Å²) >= 11 is 0. The topological polar surface area (TPSA) is 114 Å². The molecule has 1 heterocycles. The SMILES string of the molecule is CC[C@@H]1C[C@]1(NC(=O)[C@@H]1CCCN1C(=O)[C@@H](NC(=O)O[C@@H]1C[C@@H]2C[C@@H]2C1)C(C)(C)C)C(=O)OC. The van der Waals surface area contributed by atoms with Gasteiger partial charge in [0.15, 0.2) is 0 Å². The summed E-state index contributed by atoms with van der Waals surface area (Å²) in [5.41, 5.74) is -1.57. The molecule has 9 heteroatoms. The van der Waals surface area contributed by atoms with E-state index in [2.05, 4.69) is 10.6 Å². The Kier molecular flexibility index (Phi) is 6.59. The van der Waals surface area contributed by atoms with E-state index in [1.807, 2.05) is 27.7 Å². The van der Waals surface area contributed by atoms with Crippen molar-refractivity contribution in [3.8, 4) is 0 Å². The van der Waals surface area contributed by atoms with E-state index in [1.165, 1.54) is 13.5 Å². The zero-order valence-corrected chi connectivity index (χ0v) is 21.0. The van der Waals surface area contributed by atoms with Gasteiger partial charge in [-0.3, -0.25) is 9.59 Å². The molecule has 3 aliphatic carbocycles. The van der Waals surface area contributed by atoms with Gasteiger partial charge in [-0.25, -0.2) is 9.59 Å². The highest BCUT2D eigenvalue weighted by molar-refractivity contribution is 5.96. The van der Waals surface area contributed by atoms with Crippen LogP contribution in [0.2, 0.25) is 0 Å². The molecule has 0 unspecified atom stereocenters. The van der Waals surface area contributed by atoms with E-state index in [0.29, 0.717) is 37.6 Å². The minimum Gasteiger partial charge on any atom is -0.467 e. The molecule has 0 aromatic carbocycles. The third kappa shape index (κ3) is 4.75. The summed E-state index contributed by atoms with van der Waals surface area (Å²) in [5, 5.41) is 5.70. The summed E-state index contributed by atoms with van der Waals surface area (Å²) in [7, 11) is 1.32. The van der Waals surface area contributed by atoms with Crippen molar-refractivity contribution in [3.05, 3.63) is 0 Å². The number of alkyl carbamates (subject to hydrolysis) is 1. The minimum atomic E-state index is -0.995. The molecule has 34 heavy (non-hydrogen) atoms. The Labute approximate surface area is 201 Å². The van der Waals surface area contributed by atoms with E-state index >= 15 is 0 Å². The van der Waals surface area contributed by atoms with Gasteiger partial charge in [-0.05, 0) is 61.7 Å². The second kappa shape index (κ2) is 9.04. The summed E-state index contributed by atoms with van der Waals surface area (Å²) in [5.74, 6) is 0.335. The highest BCUT2D eigenvalue weighted by atomic mass is 16.6. The molecule has 9 nitrogen and oxygen atoms in total. The van der Waals surface area contributed by atoms with Gasteiger partial charge in [0.1, 0.15) is 23.7 Å². The maximum absolute atomic E-state index is 13.6. The second-order valence-corrected chi connectivity index (χ2v) is 11.6. The molecular formula is C25H39N3O6. The molecule has 4 fully saturated rings. The molecule has 0 spiro atoms. The lowest BCUT2D eigenvalue weighted by atomic mass is 9.85. The number of esters is 1. The predicted octanol–water partition coefficient (Wildman–Crippen LogP) is 2.37. The van der Waals surface area contributed by atoms with Crippen molar-refractivity contribution in [1.29, 1.82) is 0 Å². The molecule has 4 rings (SSSR count). The Hall–Kier alpha value is -2.32. The van der Waals surface area contributed by atoms with Crippen LogP contribution in [-0.2, 0) is 23.9 Å². The Bertz CT molecular complexity index is 844. The smallest absolute Gasteiger partial charge is 0.408 e. The van der Waals surface area contributed by atoms with Crippen LogP contribution in [0.1, 0.15) is 72.6 Å². The fraction of sp³-hybridized carbons (Fsp3) is 0.840. The van der Waals surface area contributed by atoms with Crippen LogP contribution in [0.4, 0.5) is 4.79 Å². The molecule has 0 aromatic heterocycles. The highest BCUT2D eigenvalue weighted by Gasteiger charge is 2.62. The van der Waals surface area contributed by atoms with Crippen LogP contribution in [0.25, 0.3) is 0 Å². The Morgan fingerprint density at radius 3 is 2.35 bits per heavy atom. The third-order valence-electron chi connectivity index (χ3n) is 8.18. The quantitative estimate of drug-likeness (QED) is 0.544. The monoisotopic (exact) mass is 477 g/mol. The van der Waals surface area contributed by atoms with E-state index in [0.717, 1.165) is 19.3 Å². The van der Waals surface area contributed by atoms with Gasteiger partial charge >= 0.3 is 12.1 Å². The lowest BCUT2D eigenvalue weighted by Gasteiger charge is -2.35. The van der Waals surface area contributed by atoms with Crippen molar-refractivity contribution >= 4 is 23.9 Å². The van der Waals surface area contributed by atoms with E-state index in [-0.39, 0.29) is 23.8 Å². The fourth-order valence-corrected chi connectivity index (χ4v) is 5.94. The molecule has 4 aliphatic rings. The molecule has 0 bridgehead atoms. The Balaban J connectivity index is 1.41. The summed E-state index contributed by atoms with van der Waals surface area (Å²) in [6.45, 7) is 8.05. The number of hydrogen-bond donors (Lipinski definition) is 2. The molecule has 0 aromatic rings. The number of carbonyl (C=O) groups excluding carboxylic acids is 4. The molecule has 0 radical (unpaired) electrons. The Morgan fingerprint density at radius 1 is 1.12 bits per heavy atom. The molecular weight excluding hydrogens is 438 g/mol. The van der Waals surface area contributed by atoms with Crippen LogP contribution in [0.3, 0.4) is 0 Å². The molecule has 1 saturated heterocycles. The maximum Gasteiger partial charge on any atom is 0.408 e. The largest absolute Gasteiger partial charge is 0.467 e. The van der Waals surface area contributed by atoms with Crippen molar-refractivity contribution in [2.45, 2.75) is 96.4 Å². The number of hydrogen-bond acceptors (Lipinski definition) is 6. The second-order valence-electron chi connectivity index (χ2n) is 11.6. The van der Waals surface area contributed by atoms with Crippen LogP contribution in [0, 0.1) is 23.2 Å². The number of nitrogens with one attached hydrogen (secondary N) is 2. The summed E-state index contributed by atoms with van der Waals surface area (Å²) < 4.78 is 10.6. The molecule has 2 N–H and O–H groups in total. The van der Waals surface area contributed by atoms with Gasteiger partial charge in [0.05, 0.1) is 7.11 Å². The van der Waals surface area contributed by atoms with Gasteiger partial charge in [-0.15, -0.1) is 0 Å². The number of rotatable bonds is 7. The van der Waals surface area contributed by atoms with Crippen molar-refractivity contribution in [2.24, 2.45) is 23.2 Å². The molecule has 190 valence electrons. The first-order valence-corrected chi connectivity index (χ1v) is 12.7. The van der Waals surface area contributed by atoms with Gasteiger partial charge in [-0.2, -0.15) is 0 Å². The van der Waals surface area contributed by atoms with Gasteiger partial charge in [0, 0.05) is 6.54 Å². The van der Waals surface area contributed by atoms with Crippen molar-refractivity contribution in [1.82, 2.24) is 15.5 Å². The Morgan fingerprint density at radius 2 is 1.79 bits per heavy atom. The van der Waals surface area contributed by atoms with Crippen molar-refractivity contribution in [2.75, 3.05) is 13.7 Å². The number of likely N-dealkylation sites (tertiary alicyclic amines) is 1. The number of nitrogens with zero attached hydrogens (tertiary/aromatic N) is 1. The first kappa shape index (κ1) is 24.8. The van der Waals surface area contributed by atoms with Crippen molar-refractivity contribution in [3.63, 3.8) is 0 Å². The van der Waals surface area contributed by atoms with E-state index < -0.39 is 35.1 Å². The van der Waals surface area contributed by atoms with E-state index in [1.54, 1.807) is 4.90 Å². The van der Waals surface area contributed by atoms with Crippen LogP contribution >= 0.6 is 0 Å². The van der Waals surface area contributed by atoms with Crippen LogP contribution < -0.4 is 10.6 Å². The summed E-state index contributed by atoms with van der Waals surface area (Å²) in [6, 6.07) is -1.51. The number of fused-ring (bicyclic) bond motifs is 1. The third-order valence-corrected chi connectivity index (χ3v) is 8.18. The first-order chi connectivity index (χ1) is 16.0. The first-order valence-electron chi connectivity index (χ1n) is 12.7. The zero-order chi connectivity index (χ0) is 24.8. The summed E-state index contributed by atoms with van der Waals surface area (Å²) in [4.78, 5) is 53.4. The minimum absolute atomic E-state index is 0.0369. The van der Waals surface area contributed by atoms with E-state index in [9.17, 15) is 19.2 Å². The number of ether oxygens (including phenoxy) is 2. The van der Waals surface area contributed by atoms with Crippen LogP contribution in [0.15, 0.2) is 0 Å². The van der Waals surface area contributed by atoms with Gasteiger partial charge < -0.3 is 25.0 Å². The standard InChI is InChI=1S/C25H39N3O6/c1-6-16-13-25(16,22(31)33-5)27-20(29)18-8-7-9-28(18)21(30)19(24(2,3)4)26-23(32)34-17-11-14-10-15(14)12-17/h14-19H,6-13H2,1-5H3,(H,26,32)(H,27,29)/t14-,15+,16-,17+,18+,19-,25-/m1/s1. The number of carbonyl (C=O) groups is 4. The fourth-order valence-electron chi connectivity index (χ4n) is 5.94. The lowest BCUT2D eigenvalue weighted by Crippen LogP contribution is -2.59. The maximum atomic E-state index is 13.6. The van der Waals surface area contributed by atoms with Gasteiger partial charge in [0.25, 0.3) is 0 Å². The van der Waals surface area contributed by atoms with E-state index in [4.69, 9.17) is 9.47 Å².